The normalized spacial score (nSPS) is 19.1. The summed E-state index contributed by atoms with van der Waals surface area (Å²) in [5, 5.41) is 10.2. The molecule has 6 nitrogen and oxygen atoms in total. The Morgan fingerprint density at radius 3 is 2.27 bits per heavy atom. The summed E-state index contributed by atoms with van der Waals surface area (Å²) in [6.07, 6.45) is 0. The zero-order valence-corrected chi connectivity index (χ0v) is 22.3. The van der Waals surface area contributed by atoms with Gasteiger partial charge in [-0.05, 0) is 56.2 Å². The molecule has 1 unspecified atom stereocenters. The molecule has 1 aliphatic heterocycles. The lowest BCUT2D eigenvalue weighted by molar-refractivity contribution is 0.130. The lowest BCUT2D eigenvalue weighted by Crippen LogP contribution is -2.57. The molecule has 2 aromatic carbocycles. The quantitative estimate of drug-likeness (QED) is 0.364. The number of anilines is 1. The molecule has 0 saturated carbocycles. The number of aromatic nitrogens is 2. The molecule has 3 atom stereocenters. The summed E-state index contributed by atoms with van der Waals surface area (Å²) < 4.78 is 1.59. The van der Waals surface area contributed by atoms with E-state index in [4.69, 9.17) is 11.6 Å². The fraction of sp³-hybridized carbons (Fsp3) is 0.300. The van der Waals surface area contributed by atoms with Crippen LogP contribution in [-0.2, 0) is 7.05 Å². The first-order chi connectivity index (χ1) is 17.8. The van der Waals surface area contributed by atoms with Crippen molar-refractivity contribution >= 4 is 28.3 Å². The van der Waals surface area contributed by atoms with Gasteiger partial charge in [-0.25, -0.2) is 4.98 Å². The van der Waals surface area contributed by atoms with Crippen molar-refractivity contribution in [1.29, 1.82) is 5.26 Å². The van der Waals surface area contributed by atoms with Crippen LogP contribution in [0, 0.1) is 18.3 Å². The number of nitriles is 1. The van der Waals surface area contributed by atoms with Crippen LogP contribution in [0.5, 0.6) is 0 Å². The van der Waals surface area contributed by atoms with Crippen LogP contribution in [0.1, 0.15) is 42.3 Å². The first-order valence-electron chi connectivity index (χ1n) is 12.5. The first kappa shape index (κ1) is 25.0. The third kappa shape index (κ3) is 4.73. The summed E-state index contributed by atoms with van der Waals surface area (Å²) >= 11 is 6.23. The Morgan fingerprint density at radius 2 is 1.62 bits per heavy atom. The van der Waals surface area contributed by atoms with Gasteiger partial charge in [-0.3, -0.25) is 9.69 Å². The standard InChI is InChI=1S/C30H30ClN5O/c1-19-5-7-22(8-6-19)30(23-9-11-24(31)12-10-23)36-18-20(2)35(17-21(36)3)27-15-28(37)34(4)26-14-13-25(16-32)33-29(26)27/h5-15,20-21,30H,17-18H2,1-4H3/t20-,21+,30?/m0/s1. The maximum absolute atomic E-state index is 12.9. The summed E-state index contributed by atoms with van der Waals surface area (Å²) in [6.45, 7) is 8.03. The molecule has 1 saturated heterocycles. The number of hydrogen-bond donors (Lipinski definition) is 0. The molecule has 0 aliphatic carbocycles. The van der Waals surface area contributed by atoms with Crippen molar-refractivity contribution in [3.8, 4) is 6.07 Å². The molecule has 0 bridgehead atoms. The highest BCUT2D eigenvalue weighted by Crippen LogP contribution is 2.36. The van der Waals surface area contributed by atoms with Gasteiger partial charge in [0.1, 0.15) is 17.3 Å². The minimum Gasteiger partial charge on any atom is -0.364 e. The van der Waals surface area contributed by atoms with Gasteiger partial charge in [0.15, 0.2) is 0 Å². The predicted octanol–water partition coefficient (Wildman–Crippen LogP) is 5.46. The molecule has 0 N–H and O–H groups in total. The second-order valence-corrected chi connectivity index (χ2v) is 10.5. The van der Waals surface area contributed by atoms with E-state index in [0.29, 0.717) is 11.2 Å². The molecule has 3 heterocycles. The van der Waals surface area contributed by atoms with Crippen LogP contribution < -0.4 is 10.5 Å². The summed E-state index contributed by atoms with van der Waals surface area (Å²) in [7, 11) is 1.74. The van der Waals surface area contributed by atoms with Crippen molar-refractivity contribution in [1.82, 2.24) is 14.5 Å². The lowest BCUT2D eigenvalue weighted by atomic mass is 9.93. The second-order valence-electron chi connectivity index (χ2n) is 10.0. The summed E-state index contributed by atoms with van der Waals surface area (Å²) in [4.78, 5) is 22.3. The van der Waals surface area contributed by atoms with Crippen LogP contribution in [0.25, 0.3) is 11.0 Å². The molecular weight excluding hydrogens is 482 g/mol. The maximum atomic E-state index is 12.9. The zero-order chi connectivity index (χ0) is 26.3. The molecule has 2 aromatic heterocycles. The second kappa shape index (κ2) is 10.0. The van der Waals surface area contributed by atoms with E-state index in [-0.39, 0.29) is 23.7 Å². The van der Waals surface area contributed by atoms with Crippen molar-refractivity contribution in [2.24, 2.45) is 7.05 Å². The SMILES string of the molecule is Cc1ccc(C(c2ccc(Cl)cc2)N2C[C@H](C)N(c3cc(=O)n(C)c4ccc(C#N)nc34)C[C@H]2C)cc1. The van der Waals surface area contributed by atoms with Crippen LogP contribution >= 0.6 is 11.6 Å². The molecule has 1 aliphatic rings. The molecule has 4 aromatic rings. The molecule has 0 amide bonds. The topological polar surface area (TPSA) is 65.2 Å². The first-order valence-corrected chi connectivity index (χ1v) is 12.9. The Balaban J connectivity index is 1.55. The minimum absolute atomic E-state index is 0.0705. The molecule has 5 rings (SSSR count). The molecule has 37 heavy (non-hydrogen) atoms. The monoisotopic (exact) mass is 511 g/mol. The number of benzene rings is 2. The largest absolute Gasteiger partial charge is 0.364 e. The maximum Gasteiger partial charge on any atom is 0.252 e. The van der Waals surface area contributed by atoms with Gasteiger partial charge in [-0.15, -0.1) is 0 Å². The van der Waals surface area contributed by atoms with Gasteiger partial charge in [0.2, 0.25) is 0 Å². The van der Waals surface area contributed by atoms with Crippen LogP contribution in [0.3, 0.4) is 0 Å². The number of nitrogens with zero attached hydrogens (tertiary/aromatic N) is 5. The molecule has 0 radical (unpaired) electrons. The average Bonchev–Trinajstić information content (AvgIpc) is 2.90. The van der Waals surface area contributed by atoms with E-state index in [1.165, 1.54) is 16.7 Å². The smallest absolute Gasteiger partial charge is 0.252 e. The number of hydrogen-bond acceptors (Lipinski definition) is 5. The molecule has 0 spiro atoms. The van der Waals surface area contributed by atoms with E-state index in [9.17, 15) is 10.1 Å². The fourth-order valence-electron chi connectivity index (χ4n) is 5.41. The van der Waals surface area contributed by atoms with Gasteiger partial charge in [0.25, 0.3) is 5.56 Å². The third-order valence-corrected chi connectivity index (χ3v) is 7.69. The summed E-state index contributed by atoms with van der Waals surface area (Å²) in [6, 6.07) is 24.5. The zero-order valence-electron chi connectivity index (χ0n) is 21.5. The van der Waals surface area contributed by atoms with Gasteiger partial charge in [-0.2, -0.15) is 5.26 Å². The summed E-state index contributed by atoms with van der Waals surface area (Å²) in [5.41, 5.74) is 6.10. The van der Waals surface area contributed by atoms with E-state index in [0.717, 1.165) is 29.3 Å². The van der Waals surface area contributed by atoms with E-state index in [1.54, 1.807) is 23.7 Å². The molecule has 7 heteroatoms. The van der Waals surface area contributed by atoms with Crippen molar-refractivity contribution in [2.75, 3.05) is 18.0 Å². The van der Waals surface area contributed by atoms with E-state index in [2.05, 4.69) is 78.0 Å². The highest BCUT2D eigenvalue weighted by Gasteiger charge is 2.36. The average molecular weight is 512 g/mol. The fourth-order valence-corrected chi connectivity index (χ4v) is 5.54. The van der Waals surface area contributed by atoms with Crippen LogP contribution in [0.2, 0.25) is 5.02 Å². The van der Waals surface area contributed by atoms with Crippen molar-refractivity contribution in [3.05, 3.63) is 104 Å². The summed E-state index contributed by atoms with van der Waals surface area (Å²) in [5.74, 6) is 0. The molecule has 188 valence electrons. The number of halogens is 1. The Labute approximate surface area is 222 Å². The number of fused-ring (bicyclic) bond motifs is 1. The van der Waals surface area contributed by atoms with Crippen LogP contribution in [-0.4, -0.2) is 39.6 Å². The third-order valence-electron chi connectivity index (χ3n) is 7.44. The van der Waals surface area contributed by atoms with Crippen LogP contribution in [0.15, 0.2) is 71.5 Å². The number of rotatable bonds is 4. The minimum atomic E-state index is -0.0880. The van der Waals surface area contributed by atoms with Crippen molar-refractivity contribution in [3.63, 3.8) is 0 Å². The van der Waals surface area contributed by atoms with Crippen molar-refractivity contribution in [2.45, 2.75) is 38.9 Å². The predicted molar refractivity (Wildman–Crippen MR) is 149 cm³/mol. The van der Waals surface area contributed by atoms with Gasteiger partial charge in [0.05, 0.1) is 17.2 Å². The number of piperazine rings is 1. The molecular formula is C30H30ClN5O. The Morgan fingerprint density at radius 1 is 0.973 bits per heavy atom. The van der Waals surface area contributed by atoms with Gasteiger partial charge in [0, 0.05) is 43.3 Å². The molecule has 1 fully saturated rings. The van der Waals surface area contributed by atoms with Crippen LogP contribution in [0.4, 0.5) is 5.69 Å². The highest BCUT2D eigenvalue weighted by atomic mass is 35.5. The van der Waals surface area contributed by atoms with Gasteiger partial charge < -0.3 is 9.47 Å². The van der Waals surface area contributed by atoms with Gasteiger partial charge >= 0.3 is 0 Å². The van der Waals surface area contributed by atoms with Gasteiger partial charge in [-0.1, -0.05) is 53.6 Å². The van der Waals surface area contributed by atoms with E-state index in [1.807, 2.05) is 18.2 Å². The highest BCUT2D eigenvalue weighted by molar-refractivity contribution is 6.30. The Bertz CT molecular complexity index is 1490. The lowest BCUT2D eigenvalue weighted by Gasteiger charge is -2.48. The van der Waals surface area contributed by atoms with E-state index < -0.39 is 0 Å². The van der Waals surface area contributed by atoms with Crippen molar-refractivity contribution < 1.29 is 0 Å². The van der Waals surface area contributed by atoms with E-state index >= 15 is 0 Å². The Kier molecular flexibility index (Phi) is 6.76. The Hall–Kier alpha value is -3.66. The number of aryl methyl sites for hydroxylation is 2. The number of pyridine rings is 2.